The first-order valence-corrected chi connectivity index (χ1v) is 15.4. The zero-order valence-electron chi connectivity index (χ0n) is 26.1. The third kappa shape index (κ3) is 13.3. The summed E-state index contributed by atoms with van der Waals surface area (Å²) < 4.78 is 0. The highest BCUT2D eigenvalue weighted by Crippen LogP contribution is 2.06. The van der Waals surface area contributed by atoms with Crippen molar-refractivity contribution in [2.24, 2.45) is 17.4 Å². The topological polar surface area (TPSA) is 304 Å². The largest absolute Gasteiger partial charge is 0.480 e. The molecule has 1 rings (SSSR count). The van der Waals surface area contributed by atoms with Crippen molar-refractivity contribution in [3.63, 3.8) is 0 Å². The molecule has 1 aromatic heterocycles. The molecule has 0 saturated carbocycles. The van der Waals surface area contributed by atoms with Gasteiger partial charge in [0.05, 0.1) is 25.1 Å². The molecule has 19 heteroatoms. The van der Waals surface area contributed by atoms with Crippen LogP contribution in [0.3, 0.4) is 0 Å². The summed E-state index contributed by atoms with van der Waals surface area (Å²) in [6.45, 7) is 4.01. The Morgan fingerprint density at radius 2 is 1.41 bits per heavy atom. The van der Waals surface area contributed by atoms with Gasteiger partial charge in [0.2, 0.25) is 29.5 Å². The lowest BCUT2D eigenvalue weighted by atomic mass is 10.0. The number of H-pyrrole nitrogens is 1. The molecule has 5 amide bonds. The summed E-state index contributed by atoms with van der Waals surface area (Å²) in [6.07, 6.45) is 2.05. The molecule has 0 unspecified atom stereocenters. The molecule has 7 atom stereocenters. The van der Waals surface area contributed by atoms with Crippen molar-refractivity contribution < 1.29 is 44.1 Å². The van der Waals surface area contributed by atoms with Gasteiger partial charge in [0.1, 0.15) is 24.2 Å². The van der Waals surface area contributed by atoms with Crippen LogP contribution in [0, 0.1) is 5.92 Å². The fourth-order valence-electron chi connectivity index (χ4n) is 4.01. The van der Waals surface area contributed by atoms with E-state index < -0.39 is 84.5 Å². The van der Waals surface area contributed by atoms with Gasteiger partial charge in [-0.15, -0.1) is 0 Å². The number of nitrogens with two attached hydrogens (primary N) is 2. The van der Waals surface area contributed by atoms with Gasteiger partial charge in [-0.25, -0.2) is 9.78 Å². The van der Waals surface area contributed by atoms with E-state index in [2.05, 4.69) is 49.2 Å². The molecule has 46 heavy (non-hydrogen) atoms. The summed E-state index contributed by atoms with van der Waals surface area (Å²) in [5.41, 5.74) is 11.8. The van der Waals surface area contributed by atoms with Crippen molar-refractivity contribution in [3.05, 3.63) is 18.2 Å². The van der Waals surface area contributed by atoms with E-state index in [1.807, 2.05) is 0 Å². The van der Waals surface area contributed by atoms with E-state index in [1.54, 1.807) is 13.8 Å². The van der Waals surface area contributed by atoms with Crippen LogP contribution in [0.2, 0.25) is 0 Å². The normalized spacial score (nSPS) is 15.8. The van der Waals surface area contributed by atoms with Crippen molar-refractivity contribution in [2.45, 2.75) is 88.8 Å². The number of thiol groups is 1. The summed E-state index contributed by atoms with van der Waals surface area (Å²) in [5.74, 6) is -6.00. The Bertz CT molecular complexity index is 1150. The molecule has 1 heterocycles. The van der Waals surface area contributed by atoms with Crippen LogP contribution in [0.25, 0.3) is 0 Å². The monoisotopic (exact) mass is 673 g/mol. The summed E-state index contributed by atoms with van der Waals surface area (Å²) >= 11 is 4.13. The number of nitrogens with zero attached hydrogens (tertiary/aromatic N) is 1. The fraction of sp³-hybridized carbons (Fsp3) is 0.667. The number of rotatable bonds is 21. The van der Waals surface area contributed by atoms with Crippen LogP contribution < -0.4 is 38.1 Å². The molecule has 18 nitrogen and oxygen atoms in total. The molecular formula is C27H47N9O9S. The number of nitrogens with one attached hydrogen (secondary N) is 6. The molecular weight excluding hydrogens is 626 g/mol. The van der Waals surface area contributed by atoms with E-state index >= 15 is 0 Å². The standard InChI is InChI=1S/C27H47N9O9S/c1-13(2)20(29)26(43)35-19(11-46)25(42)33-17(8-15-9-30-12-31-15)23(40)34-18(10-37)24(41)32-16(6-4-5-7-28)22(39)36-21(14(3)38)27(44)45/h9,12-14,16-21,37-38,46H,4-8,10-11,28-29H2,1-3H3,(H,30,31)(H,32,41)(H,33,42)(H,34,40)(H,35,43)(H,36,39)(H,44,45)/t14-,16+,17+,18+,19+,20+,21+/m1/s1. The number of aliphatic hydroxyl groups is 2. The fourth-order valence-corrected chi connectivity index (χ4v) is 4.26. The minimum absolute atomic E-state index is 0.0306. The van der Waals surface area contributed by atoms with Crippen LogP contribution >= 0.6 is 12.6 Å². The smallest absolute Gasteiger partial charge is 0.328 e. The quantitative estimate of drug-likeness (QED) is 0.0438. The second-order valence-electron chi connectivity index (χ2n) is 11.0. The SMILES string of the molecule is CC(C)[C@H](N)C(=O)N[C@@H](CS)C(=O)N[C@@H](Cc1cnc[nH]1)C(=O)N[C@@H](CO)C(=O)N[C@@H](CCCCN)C(=O)N[C@H](C(=O)O)[C@@H](C)O. The molecule has 0 aromatic carbocycles. The minimum Gasteiger partial charge on any atom is -0.480 e. The Labute approximate surface area is 272 Å². The Kier molecular flexibility index (Phi) is 17.8. The van der Waals surface area contributed by atoms with Crippen molar-refractivity contribution in [1.82, 2.24) is 36.6 Å². The number of imidazole rings is 1. The molecule has 0 aliphatic rings. The van der Waals surface area contributed by atoms with Gasteiger partial charge in [0.15, 0.2) is 6.04 Å². The van der Waals surface area contributed by atoms with Crippen LogP contribution in [0.1, 0.15) is 45.7 Å². The lowest BCUT2D eigenvalue weighted by molar-refractivity contribution is -0.145. The van der Waals surface area contributed by atoms with E-state index in [0.29, 0.717) is 18.5 Å². The maximum Gasteiger partial charge on any atom is 0.328 e. The lowest BCUT2D eigenvalue weighted by Crippen LogP contribution is -2.61. The number of unbranched alkanes of at least 4 members (excludes halogenated alkanes) is 1. The van der Waals surface area contributed by atoms with Gasteiger partial charge in [-0.1, -0.05) is 13.8 Å². The second-order valence-corrected chi connectivity index (χ2v) is 11.4. The third-order valence-corrected chi connectivity index (χ3v) is 7.26. The van der Waals surface area contributed by atoms with Crippen LogP contribution in [-0.4, -0.2) is 122 Å². The number of hydrogen-bond donors (Lipinski definition) is 12. The molecule has 260 valence electrons. The van der Waals surface area contributed by atoms with Gasteiger partial charge in [-0.05, 0) is 38.6 Å². The average Bonchev–Trinajstić information content (AvgIpc) is 3.52. The number of carboxylic acid groups (broad SMARTS) is 1. The van der Waals surface area contributed by atoms with E-state index in [4.69, 9.17) is 11.5 Å². The van der Waals surface area contributed by atoms with E-state index in [1.165, 1.54) is 19.4 Å². The number of hydrogen-bond acceptors (Lipinski definition) is 12. The lowest BCUT2D eigenvalue weighted by Gasteiger charge is -2.26. The van der Waals surface area contributed by atoms with E-state index in [9.17, 15) is 44.1 Å². The number of aromatic nitrogens is 2. The molecule has 0 aliphatic heterocycles. The van der Waals surface area contributed by atoms with Crippen LogP contribution in [0.15, 0.2) is 12.5 Å². The van der Waals surface area contributed by atoms with Gasteiger partial charge >= 0.3 is 5.97 Å². The number of amides is 5. The Morgan fingerprint density at radius 1 is 0.870 bits per heavy atom. The molecule has 13 N–H and O–H groups in total. The van der Waals surface area contributed by atoms with Gasteiger partial charge in [-0.3, -0.25) is 24.0 Å². The number of aliphatic carboxylic acids is 1. The van der Waals surface area contributed by atoms with Gasteiger partial charge in [0, 0.05) is 24.1 Å². The maximum atomic E-state index is 13.4. The molecule has 0 saturated heterocycles. The van der Waals surface area contributed by atoms with Crippen LogP contribution in [-0.2, 0) is 35.2 Å². The number of carboxylic acids is 1. The van der Waals surface area contributed by atoms with Gasteiger partial charge < -0.3 is 58.4 Å². The van der Waals surface area contributed by atoms with Crippen LogP contribution in [0.4, 0.5) is 0 Å². The van der Waals surface area contributed by atoms with E-state index in [0.717, 1.165) is 0 Å². The molecule has 1 aromatic rings. The number of aliphatic hydroxyl groups excluding tert-OH is 2. The highest BCUT2D eigenvalue weighted by molar-refractivity contribution is 7.80. The van der Waals surface area contributed by atoms with Gasteiger partial charge in [-0.2, -0.15) is 12.6 Å². The molecule has 0 radical (unpaired) electrons. The Balaban J connectivity index is 3.12. The highest BCUT2D eigenvalue weighted by atomic mass is 32.1. The van der Waals surface area contributed by atoms with Crippen molar-refractivity contribution in [3.8, 4) is 0 Å². The highest BCUT2D eigenvalue weighted by Gasteiger charge is 2.33. The molecule has 0 fully saturated rings. The third-order valence-electron chi connectivity index (χ3n) is 6.89. The first-order valence-electron chi connectivity index (χ1n) is 14.7. The Morgan fingerprint density at radius 3 is 1.91 bits per heavy atom. The van der Waals surface area contributed by atoms with Crippen molar-refractivity contribution in [2.75, 3.05) is 18.9 Å². The number of aromatic amines is 1. The number of carbonyl (C=O) groups excluding carboxylic acids is 5. The second kappa shape index (κ2) is 20.4. The average molecular weight is 674 g/mol. The van der Waals surface area contributed by atoms with Gasteiger partial charge in [0.25, 0.3) is 0 Å². The summed E-state index contributed by atoms with van der Waals surface area (Å²) in [6, 6.07) is -7.96. The summed E-state index contributed by atoms with van der Waals surface area (Å²) in [5, 5.41) is 40.9. The first kappa shape index (κ1) is 40.2. The van der Waals surface area contributed by atoms with Crippen molar-refractivity contribution in [1.29, 1.82) is 0 Å². The predicted octanol–water partition coefficient (Wildman–Crippen LogP) is -4.12. The zero-order valence-corrected chi connectivity index (χ0v) is 27.0. The molecule has 0 spiro atoms. The summed E-state index contributed by atoms with van der Waals surface area (Å²) in [4.78, 5) is 83.1. The molecule has 0 bridgehead atoms. The van der Waals surface area contributed by atoms with Crippen molar-refractivity contribution >= 4 is 48.1 Å². The zero-order chi connectivity index (χ0) is 35.0. The predicted molar refractivity (Wildman–Crippen MR) is 168 cm³/mol. The van der Waals surface area contributed by atoms with E-state index in [-0.39, 0.29) is 31.1 Å². The number of carbonyl (C=O) groups is 6. The summed E-state index contributed by atoms with van der Waals surface area (Å²) in [7, 11) is 0. The van der Waals surface area contributed by atoms with Crippen LogP contribution in [0.5, 0.6) is 0 Å². The molecule has 0 aliphatic carbocycles. The maximum absolute atomic E-state index is 13.4. The minimum atomic E-state index is -1.66. The Hall–Kier alpha value is -3.78. The first-order chi connectivity index (χ1) is 21.7.